The van der Waals surface area contributed by atoms with Gasteiger partial charge in [-0.2, -0.15) is 5.48 Å². The fourth-order valence-electron chi connectivity index (χ4n) is 0.433. The Hall–Kier alpha value is -0.610. The van der Waals surface area contributed by atoms with Gasteiger partial charge < -0.3 is 9.57 Å². The standard InChI is InChI=1S/C6H13NO3/c1-4-10-7-5(2)6(8)9-3/h5,7H,4H2,1-3H3. The Bertz CT molecular complexity index is 105. The molecule has 0 saturated carbocycles. The second kappa shape index (κ2) is 5.20. The molecule has 4 nitrogen and oxygen atoms in total. The Morgan fingerprint density at radius 2 is 2.30 bits per heavy atom. The van der Waals surface area contributed by atoms with Crippen LogP contribution in [0.3, 0.4) is 0 Å². The minimum Gasteiger partial charge on any atom is -0.468 e. The zero-order valence-electron chi connectivity index (χ0n) is 6.51. The number of rotatable bonds is 4. The Labute approximate surface area is 60.5 Å². The topological polar surface area (TPSA) is 47.6 Å². The van der Waals surface area contributed by atoms with Crippen molar-refractivity contribution < 1.29 is 14.4 Å². The molecule has 0 amide bonds. The Balaban J connectivity index is 3.41. The Morgan fingerprint density at radius 1 is 1.70 bits per heavy atom. The average Bonchev–Trinajstić information content (AvgIpc) is 1.98. The summed E-state index contributed by atoms with van der Waals surface area (Å²) in [5.74, 6) is -0.326. The lowest BCUT2D eigenvalue weighted by Crippen LogP contribution is -2.34. The molecule has 1 atom stereocenters. The maximum atomic E-state index is 10.7. The van der Waals surface area contributed by atoms with Crippen LogP contribution < -0.4 is 5.48 Å². The lowest BCUT2D eigenvalue weighted by atomic mass is 10.4. The number of nitrogens with one attached hydrogen (secondary N) is 1. The molecule has 0 bridgehead atoms. The number of ether oxygens (including phenoxy) is 1. The number of carbonyl (C=O) groups excluding carboxylic acids is 1. The summed E-state index contributed by atoms with van der Waals surface area (Å²) in [6.07, 6.45) is 0. The van der Waals surface area contributed by atoms with Crippen molar-refractivity contribution in [1.29, 1.82) is 0 Å². The van der Waals surface area contributed by atoms with E-state index in [2.05, 4.69) is 10.2 Å². The van der Waals surface area contributed by atoms with Gasteiger partial charge in [0.05, 0.1) is 13.7 Å². The maximum Gasteiger partial charge on any atom is 0.324 e. The summed E-state index contributed by atoms with van der Waals surface area (Å²) in [7, 11) is 1.34. The zero-order valence-corrected chi connectivity index (χ0v) is 6.51. The lowest BCUT2D eigenvalue weighted by Gasteiger charge is -2.09. The molecule has 0 aliphatic rings. The van der Waals surface area contributed by atoms with Crippen molar-refractivity contribution in [2.75, 3.05) is 13.7 Å². The summed E-state index contributed by atoms with van der Waals surface area (Å²) in [5.41, 5.74) is 2.51. The summed E-state index contributed by atoms with van der Waals surface area (Å²) in [5, 5.41) is 0. The third-order valence-electron chi connectivity index (χ3n) is 0.959. The molecule has 10 heavy (non-hydrogen) atoms. The molecule has 0 spiro atoms. The summed E-state index contributed by atoms with van der Waals surface area (Å²) < 4.78 is 4.43. The fraction of sp³-hybridized carbons (Fsp3) is 0.833. The predicted molar refractivity (Wildman–Crippen MR) is 36.2 cm³/mol. The largest absolute Gasteiger partial charge is 0.468 e. The van der Waals surface area contributed by atoms with Crippen LogP contribution in [0.2, 0.25) is 0 Å². The van der Waals surface area contributed by atoms with Crippen LogP contribution in [0.15, 0.2) is 0 Å². The molecule has 0 aliphatic heterocycles. The van der Waals surface area contributed by atoms with Crippen molar-refractivity contribution in [2.45, 2.75) is 19.9 Å². The van der Waals surface area contributed by atoms with Crippen LogP contribution in [0.4, 0.5) is 0 Å². The van der Waals surface area contributed by atoms with E-state index in [4.69, 9.17) is 4.84 Å². The first kappa shape index (κ1) is 9.39. The number of carbonyl (C=O) groups is 1. The molecule has 0 aromatic carbocycles. The molecule has 0 fully saturated rings. The highest BCUT2D eigenvalue weighted by molar-refractivity contribution is 5.74. The molecule has 0 aromatic heterocycles. The second-order valence-corrected chi connectivity index (χ2v) is 1.80. The van der Waals surface area contributed by atoms with Crippen molar-refractivity contribution in [3.63, 3.8) is 0 Å². The Morgan fingerprint density at radius 3 is 2.70 bits per heavy atom. The van der Waals surface area contributed by atoms with E-state index in [9.17, 15) is 4.79 Å². The molecule has 0 radical (unpaired) electrons. The average molecular weight is 147 g/mol. The van der Waals surface area contributed by atoms with Crippen LogP contribution in [-0.2, 0) is 14.4 Å². The molecule has 4 heteroatoms. The molecule has 1 unspecified atom stereocenters. The highest BCUT2D eigenvalue weighted by Gasteiger charge is 2.10. The maximum absolute atomic E-state index is 10.7. The van der Waals surface area contributed by atoms with Crippen LogP contribution in [0.25, 0.3) is 0 Å². The van der Waals surface area contributed by atoms with Gasteiger partial charge in [-0.1, -0.05) is 0 Å². The number of hydrogen-bond donors (Lipinski definition) is 1. The minimum atomic E-state index is -0.398. The molecule has 0 heterocycles. The van der Waals surface area contributed by atoms with Gasteiger partial charge in [0.25, 0.3) is 0 Å². The normalized spacial score (nSPS) is 12.7. The van der Waals surface area contributed by atoms with E-state index >= 15 is 0 Å². The van der Waals surface area contributed by atoms with E-state index in [1.54, 1.807) is 6.92 Å². The van der Waals surface area contributed by atoms with E-state index in [-0.39, 0.29) is 5.97 Å². The summed E-state index contributed by atoms with van der Waals surface area (Å²) in [4.78, 5) is 15.4. The molecule has 0 aromatic rings. The minimum absolute atomic E-state index is 0.326. The number of hydrogen-bond acceptors (Lipinski definition) is 4. The molecule has 0 aliphatic carbocycles. The zero-order chi connectivity index (χ0) is 7.98. The highest BCUT2D eigenvalue weighted by atomic mass is 16.6. The van der Waals surface area contributed by atoms with Gasteiger partial charge in [-0.15, -0.1) is 0 Å². The third-order valence-corrected chi connectivity index (χ3v) is 0.959. The quantitative estimate of drug-likeness (QED) is 0.452. The lowest BCUT2D eigenvalue weighted by molar-refractivity contribution is -0.146. The molecule has 0 rings (SSSR count). The second-order valence-electron chi connectivity index (χ2n) is 1.80. The van der Waals surface area contributed by atoms with Crippen molar-refractivity contribution in [1.82, 2.24) is 5.48 Å². The monoisotopic (exact) mass is 147 g/mol. The molecule has 1 N–H and O–H groups in total. The van der Waals surface area contributed by atoms with Gasteiger partial charge in [-0.3, -0.25) is 4.79 Å². The highest BCUT2D eigenvalue weighted by Crippen LogP contribution is 1.84. The first-order valence-electron chi connectivity index (χ1n) is 3.17. The van der Waals surface area contributed by atoms with Crippen molar-refractivity contribution in [3.8, 4) is 0 Å². The molecular weight excluding hydrogens is 134 g/mol. The third kappa shape index (κ3) is 3.42. The smallest absolute Gasteiger partial charge is 0.324 e. The van der Waals surface area contributed by atoms with E-state index in [1.165, 1.54) is 7.11 Å². The van der Waals surface area contributed by atoms with E-state index in [1.807, 2.05) is 6.92 Å². The molecule has 0 saturated heterocycles. The van der Waals surface area contributed by atoms with Crippen molar-refractivity contribution in [3.05, 3.63) is 0 Å². The summed E-state index contributed by atoms with van der Waals surface area (Å²) >= 11 is 0. The SMILES string of the molecule is CCONC(C)C(=O)OC. The number of hydroxylamine groups is 1. The predicted octanol–water partition coefficient (Wildman–Crippen LogP) is 0.0890. The van der Waals surface area contributed by atoms with Crippen LogP contribution in [0.5, 0.6) is 0 Å². The van der Waals surface area contributed by atoms with E-state index < -0.39 is 6.04 Å². The van der Waals surface area contributed by atoms with Gasteiger partial charge in [0.15, 0.2) is 0 Å². The summed E-state index contributed by atoms with van der Waals surface area (Å²) in [6.45, 7) is 4.03. The van der Waals surface area contributed by atoms with Gasteiger partial charge >= 0.3 is 5.97 Å². The van der Waals surface area contributed by atoms with Gasteiger partial charge in [-0.25, -0.2) is 0 Å². The van der Waals surface area contributed by atoms with Crippen LogP contribution >= 0.6 is 0 Å². The van der Waals surface area contributed by atoms with Gasteiger partial charge in [0.2, 0.25) is 0 Å². The summed E-state index contributed by atoms with van der Waals surface area (Å²) in [6, 6.07) is -0.398. The van der Waals surface area contributed by atoms with Crippen LogP contribution in [0, 0.1) is 0 Å². The molecular formula is C6H13NO3. The first-order chi connectivity index (χ1) is 4.72. The van der Waals surface area contributed by atoms with Gasteiger partial charge in [0, 0.05) is 0 Å². The number of esters is 1. The van der Waals surface area contributed by atoms with Crippen molar-refractivity contribution in [2.24, 2.45) is 0 Å². The van der Waals surface area contributed by atoms with Gasteiger partial charge in [0.1, 0.15) is 6.04 Å². The number of methoxy groups -OCH3 is 1. The van der Waals surface area contributed by atoms with Crippen molar-refractivity contribution >= 4 is 5.97 Å². The van der Waals surface area contributed by atoms with Crippen LogP contribution in [0.1, 0.15) is 13.8 Å². The van der Waals surface area contributed by atoms with Crippen LogP contribution in [-0.4, -0.2) is 25.7 Å². The fourth-order valence-corrected chi connectivity index (χ4v) is 0.433. The van der Waals surface area contributed by atoms with E-state index in [0.717, 1.165) is 0 Å². The first-order valence-corrected chi connectivity index (χ1v) is 3.17. The molecule has 60 valence electrons. The Kier molecular flexibility index (Phi) is 4.88. The van der Waals surface area contributed by atoms with Gasteiger partial charge in [-0.05, 0) is 13.8 Å². The van der Waals surface area contributed by atoms with E-state index in [0.29, 0.717) is 6.61 Å².